The fourth-order valence-corrected chi connectivity index (χ4v) is 2.13. The van der Waals surface area contributed by atoms with Gasteiger partial charge in [-0.1, -0.05) is 0 Å². The molecule has 1 aromatic carbocycles. The molecule has 0 bridgehead atoms. The molecule has 20 heavy (non-hydrogen) atoms. The van der Waals surface area contributed by atoms with E-state index in [4.69, 9.17) is 0 Å². The Labute approximate surface area is 116 Å². The average molecular weight is 266 g/mol. The van der Waals surface area contributed by atoms with Gasteiger partial charge >= 0.3 is 0 Å². The van der Waals surface area contributed by atoms with E-state index in [1.54, 1.807) is 25.6 Å². The monoisotopic (exact) mass is 266 g/mol. The maximum Gasteiger partial charge on any atom is 0.251 e. The summed E-state index contributed by atoms with van der Waals surface area (Å²) in [5, 5.41) is 2.64. The Hall–Kier alpha value is -2.82. The molecule has 0 aliphatic rings. The second kappa shape index (κ2) is 5.05. The molecule has 0 saturated carbocycles. The quantitative estimate of drug-likeness (QED) is 0.788. The Morgan fingerprint density at radius 3 is 2.55 bits per heavy atom. The summed E-state index contributed by atoms with van der Waals surface area (Å²) in [7, 11) is 1.63. The largest absolute Gasteiger partial charge is 0.355 e. The Balaban J connectivity index is 2.18. The number of carbonyl (C=O) groups excluding carboxylic acids is 1. The molecule has 3 rings (SSSR count). The molecule has 0 atom stereocenters. The molecule has 0 fully saturated rings. The van der Waals surface area contributed by atoms with Crippen LogP contribution in [0.15, 0.2) is 61.4 Å². The summed E-state index contributed by atoms with van der Waals surface area (Å²) in [5.74, 6) is -0.101. The molecule has 5 nitrogen and oxygen atoms in total. The first-order valence-electron chi connectivity index (χ1n) is 6.27. The minimum atomic E-state index is -0.101. The number of hydrogen-bond acceptors (Lipinski definition) is 2. The zero-order chi connectivity index (χ0) is 13.9. The number of nitrogens with zero attached hydrogens (tertiary/aromatic N) is 3. The number of imidazole rings is 1. The summed E-state index contributed by atoms with van der Waals surface area (Å²) in [6.07, 6.45) is 9.24. The number of rotatable bonds is 3. The Kier molecular flexibility index (Phi) is 3.09. The van der Waals surface area contributed by atoms with Gasteiger partial charge in [-0.2, -0.15) is 0 Å². The summed E-state index contributed by atoms with van der Waals surface area (Å²) in [6, 6.07) is 9.49. The van der Waals surface area contributed by atoms with Crippen molar-refractivity contribution in [1.82, 2.24) is 19.4 Å². The van der Waals surface area contributed by atoms with Crippen LogP contribution in [-0.4, -0.2) is 27.1 Å². The molecule has 5 heteroatoms. The van der Waals surface area contributed by atoms with Crippen molar-refractivity contribution in [3.8, 4) is 11.4 Å². The van der Waals surface area contributed by atoms with Crippen LogP contribution in [0.4, 0.5) is 0 Å². The van der Waals surface area contributed by atoms with Gasteiger partial charge in [0, 0.05) is 37.4 Å². The number of carbonyl (C=O) groups is 1. The number of hydrogen-bond donors (Lipinski definition) is 1. The number of aromatic nitrogens is 3. The van der Waals surface area contributed by atoms with Crippen LogP contribution < -0.4 is 5.32 Å². The smallest absolute Gasteiger partial charge is 0.251 e. The summed E-state index contributed by atoms with van der Waals surface area (Å²) in [5.41, 5.74) is 2.51. The minimum absolute atomic E-state index is 0.101. The van der Waals surface area contributed by atoms with Gasteiger partial charge in [0.25, 0.3) is 5.91 Å². The third kappa shape index (κ3) is 2.09. The van der Waals surface area contributed by atoms with Crippen molar-refractivity contribution in [1.29, 1.82) is 0 Å². The van der Waals surface area contributed by atoms with Gasteiger partial charge in [-0.05, 0) is 30.3 Å². The van der Waals surface area contributed by atoms with E-state index >= 15 is 0 Å². The highest BCUT2D eigenvalue weighted by atomic mass is 16.1. The first-order valence-corrected chi connectivity index (χ1v) is 6.27. The van der Waals surface area contributed by atoms with Crippen molar-refractivity contribution in [2.45, 2.75) is 0 Å². The van der Waals surface area contributed by atoms with E-state index in [1.807, 2.05) is 52.0 Å². The second-order valence-electron chi connectivity index (χ2n) is 4.34. The highest BCUT2D eigenvalue weighted by Gasteiger charge is 2.10. The van der Waals surface area contributed by atoms with E-state index in [2.05, 4.69) is 10.3 Å². The van der Waals surface area contributed by atoms with Crippen LogP contribution in [-0.2, 0) is 0 Å². The van der Waals surface area contributed by atoms with Crippen LogP contribution in [0.2, 0.25) is 0 Å². The molecule has 1 amide bonds. The normalized spacial score (nSPS) is 10.4. The maximum absolute atomic E-state index is 11.8. The molecule has 0 unspecified atom stereocenters. The van der Waals surface area contributed by atoms with Crippen molar-refractivity contribution in [3.05, 3.63) is 67.0 Å². The standard InChI is InChI=1S/C15H14N4O/c1-16-15(20)12-4-5-13(19-9-6-17-11-19)14(10-12)18-7-2-3-8-18/h2-11H,1H3,(H,16,20). The fourth-order valence-electron chi connectivity index (χ4n) is 2.13. The summed E-state index contributed by atoms with van der Waals surface area (Å²) in [4.78, 5) is 15.9. The summed E-state index contributed by atoms with van der Waals surface area (Å²) >= 11 is 0. The van der Waals surface area contributed by atoms with Gasteiger partial charge in [-0.25, -0.2) is 4.98 Å². The number of benzene rings is 1. The van der Waals surface area contributed by atoms with Gasteiger partial charge in [-0.15, -0.1) is 0 Å². The SMILES string of the molecule is CNC(=O)c1ccc(-n2ccnc2)c(-n2cccc2)c1. The zero-order valence-electron chi connectivity index (χ0n) is 11.0. The Morgan fingerprint density at radius 2 is 1.90 bits per heavy atom. The van der Waals surface area contributed by atoms with Crippen molar-refractivity contribution in [3.63, 3.8) is 0 Å². The van der Waals surface area contributed by atoms with Crippen molar-refractivity contribution >= 4 is 5.91 Å². The summed E-state index contributed by atoms with van der Waals surface area (Å²) in [6.45, 7) is 0. The van der Waals surface area contributed by atoms with E-state index < -0.39 is 0 Å². The molecular formula is C15H14N4O. The molecule has 3 aromatic rings. The van der Waals surface area contributed by atoms with Crippen LogP contribution in [0.1, 0.15) is 10.4 Å². The third-order valence-corrected chi connectivity index (χ3v) is 3.13. The number of amides is 1. The van der Waals surface area contributed by atoms with Gasteiger partial charge in [0.05, 0.1) is 17.7 Å². The van der Waals surface area contributed by atoms with Gasteiger partial charge in [-0.3, -0.25) is 4.79 Å². The first-order chi connectivity index (χ1) is 9.79. The zero-order valence-corrected chi connectivity index (χ0v) is 11.0. The van der Waals surface area contributed by atoms with Gasteiger partial charge in [0.15, 0.2) is 0 Å². The topological polar surface area (TPSA) is 51.9 Å². The van der Waals surface area contributed by atoms with Gasteiger partial charge < -0.3 is 14.5 Å². The fraction of sp³-hybridized carbons (Fsp3) is 0.0667. The Bertz CT molecular complexity index is 714. The van der Waals surface area contributed by atoms with Gasteiger partial charge in [0.2, 0.25) is 0 Å². The molecule has 0 aliphatic heterocycles. The second-order valence-corrected chi connectivity index (χ2v) is 4.34. The average Bonchev–Trinajstić information content (AvgIpc) is 3.18. The lowest BCUT2D eigenvalue weighted by Crippen LogP contribution is -2.18. The van der Waals surface area contributed by atoms with Crippen LogP contribution >= 0.6 is 0 Å². The van der Waals surface area contributed by atoms with E-state index in [0.717, 1.165) is 11.4 Å². The van der Waals surface area contributed by atoms with E-state index in [0.29, 0.717) is 5.56 Å². The minimum Gasteiger partial charge on any atom is -0.355 e. The highest BCUT2D eigenvalue weighted by Crippen LogP contribution is 2.21. The highest BCUT2D eigenvalue weighted by molar-refractivity contribution is 5.95. The lowest BCUT2D eigenvalue weighted by atomic mass is 10.1. The van der Waals surface area contributed by atoms with E-state index in [1.165, 1.54) is 0 Å². The van der Waals surface area contributed by atoms with Crippen molar-refractivity contribution in [2.24, 2.45) is 0 Å². The lowest BCUT2D eigenvalue weighted by Gasteiger charge is -2.13. The molecule has 100 valence electrons. The maximum atomic E-state index is 11.8. The molecule has 0 saturated heterocycles. The van der Waals surface area contributed by atoms with Crippen LogP contribution in [0.3, 0.4) is 0 Å². The predicted octanol–water partition coefficient (Wildman–Crippen LogP) is 2.02. The van der Waals surface area contributed by atoms with Crippen LogP contribution in [0.25, 0.3) is 11.4 Å². The first kappa shape index (κ1) is 12.2. The molecule has 0 radical (unpaired) electrons. The molecule has 1 N–H and O–H groups in total. The van der Waals surface area contributed by atoms with E-state index in [9.17, 15) is 4.79 Å². The predicted molar refractivity (Wildman–Crippen MR) is 76.3 cm³/mol. The van der Waals surface area contributed by atoms with Crippen LogP contribution in [0, 0.1) is 0 Å². The van der Waals surface area contributed by atoms with E-state index in [-0.39, 0.29) is 5.91 Å². The molecule has 0 aliphatic carbocycles. The summed E-state index contributed by atoms with van der Waals surface area (Å²) < 4.78 is 3.89. The van der Waals surface area contributed by atoms with Gasteiger partial charge in [0.1, 0.15) is 0 Å². The lowest BCUT2D eigenvalue weighted by molar-refractivity contribution is 0.0963. The molecule has 2 heterocycles. The number of nitrogens with one attached hydrogen (secondary N) is 1. The van der Waals surface area contributed by atoms with Crippen molar-refractivity contribution in [2.75, 3.05) is 7.05 Å². The third-order valence-electron chi connectivity index (χ3n) is 3.13. The van der Waals surface area contributed by atoms with Crippen molar-refractivity contribution < 1.29 is 4.79 Å². The molecular weight excluding hydrogens is 252 g/mol. The Morgan fingerprint density at radius 1 is 1.10 bits per heavy atom. The molecule has 2 aromatic heterocycles. The van der Waals surface area contributed by atoms with Crippen LogP contribution in [0.5, 0.6) is 0 Å². The molecule has 0 spiro atoms.